The molecule has 82 valence electrons. The molecular formula is C12H9BrClNO. The Bertz CT molecular complexity index is 476. The van der Waals surface area contributed by atoms with Crippen molar-refractivity contribution in [1.82, 2.24) is 4.98 Å². The van der Waals surface area contributed by atoms with E-state index >= 15 is 0 Å². The van der Waals surface area contributed by atoms with Crippen molar-refractivity contribution in [3.05, 3.63) is 57.8 Å². The predicted molar refractivity (Wildman–Crippen MR) is 67.7 cm³/mol. The van der Waals surface area contributed by atoms with E-state index in [0.29, 0.717) is 11.6 Å². The van der Waals surface area contributed by atoms with E-state index in [2.05, 4.69) is 20.9 Å². The Balaban J connectivity index is 2.03. The molecule has 1 heterocycles. The van der Waals surface area contributed by atoms with Crippen LogP contribution in [0.1, 0.15) is 5.56 Å². The van der Waals surface area contributed by atoms with Crippen molar-refractivity contribution in [2.45, 2.75) is 6.61 Å². The van der Waals surface area contributed by atoms with Crippen molar-refractivity contribution < 1.29 is 4.74 Å². The minimum atomic E-state index is 0.501. The van der Waals surface area contributed by atoms with Gasteiger partial charge >= 0.3 is 0 Å². The predicted octanol–water partition coefficient (Wildman–Crippen LogP) is 4.08. The highest BCUT2D eigenvalue weighted by molar-refractivity contribution is 9.10. The summed E-state index contributed by atoms with van der Waals surface area (Å²) >= 11 is 9.27. The fourth-order valence-electron chi connectivity index (χ4n) is 1.23. The summed E-state index contributed by atoms with van der Waals surface area (Å²) in [5.41, 5.74) is 1.06. The summed E-state index contributed by atoms with van der Waals surface area (Å²) in [5, 5.41) is 0.699. The van der Waals surface area contributed by atoms with E-state index in [1.807, 2.05) is 30.3 Å². The number of nitrogens with zero attached hydrogens (tertiary/aromatic N) is 1. The molecule has 0 bridgehead atoms. The highest BCUT2D eigenvalue weighted by atomic mass is 79.9. The molecule has 0 atom stereocenters. The highest BCUT2D eigenvalue weighted by Gasteiger charge is 2.00. The zero-order valence-corrected chi connectivity index (χ0v) is 10.7. The number of hydrogen-bond donors (Lipinski definition) is 0. The Hall–Kier alpha value is -1.06. The van der Waals surface area contributed by atoms with Crippen LogP contribution in [0, 0.1) is 0 Å². The van der Waals surface area contributed by atoms with E-state index < -0.39 is 0 Å². The lowest BCUT2D eigenvalue weighted by atomic mass is 10.2. The molecule has 2 nitrogen and oxygen atoms in total. The maximum Gasteiger partial charge on any atom is 0.138 e. The van der Waals surface area contributed by atoms with Crippen LogP contribution in [0.4, 0.5) is 0 Å². The van der Waals surface area contributed by atoms with Crippen molar-refractivity contribution in [3.63, 3.8) is 0 Å². The molecule has 0 fully saturated rings. The normalized spacial score (nSPS) is 10.1. The second-order valence-corrected chi connectivity index (χ2v) is 4.49. The monoisotopic (exact) mass is 297 g/mol. The number of hydrogen-bond acceptors (Lipinski definition) is 2. The molecule has 4 heteroatoms. The first-order valence-corrected chi connectivity index (χ1v) is 5.89. The Labute approximate surface area is 107 Å². The number of ether oxygens (including phenoxy) is 1. The number of aromatic nitrogens is 1. The first-order valence-electron chi connectivity index (χ1n) is 4.72. The van der Waals surface area contributed by atoms with Gasteiger partial charge in [0.05, 0.1) is 11.2 Å². The first-order chi connectivity index (χ1) is 7.75. The van der Waals surface area contributed by atoms with Crippen LogP contribution in [0.15, 0.2) is 47.2 Å². The summed E-state index contributed by atoms with van der Waals surface area (Å²) in [6.45, 7) is 0.501. The van der Waals surface area contributed by atoms with E-state index in [9.17, 15) is 0 Å². The van der Waals surface area contributed by atoms with Gasteiger partial charge in [-0.15, -0.1) is 0 Å². The van der Waals surface area contributed by atoms with E-state index in [1.54, 1.807) is 12.4 Å². The van der Waals surface area contributed by atoms with Crippen LogP contribution in [0.25, 0.3) is 0 Å². The lowest BCUT2D eigenvalue weighted by Crippen LogP contribution is -1.95. The fraction of sp³-hybridized carbons (Fsp3) is 0.0833. The third kappa shape index (κ3) is 2.97. The summed E-state index contributed by atoms with van der Waals surface area (Å²) in [4.78, 5) is 3.97. The summed E-state index contributed by atoms with van der Waals surface area (Å²) < 4.78 is 6.44. The van der Waals surface area contributed by atoms with Gasteiger partial charge in [0.2, 0.25) is 0 Å². The zero-order valence-electron chi connectivity index (χ0n) is 8.36. The Kier molecular flexibility index (Phi) is 3.80. The Morgan fingerprint density at radius 3 is 2.88 bits per heavy atom. The molecule has 0 aliphatic carbocycles. The molecule has 0 aliphatic heterocycles. The average Bonchev–Trinajstić information content (AvgIpc) is 2.32. The van der Waals surface area contributed by atoms with E-state index in [0.717, 1.165) is 15.8 Å². The molecule has 1 aromatic heterocycles. The van der Waals surface area contributed by atoms with Crippen molar-refractivity contribution in [2.24, 2.45) is 0 Å². The summed E-state index contributed by atoms with van der Waals surface area (Å²) in [6, 6.07) is 9.43. The van der Waals surface area contributed by atoms with Gasteiger partial charge < -0.3 is 4.74 Å². The summed E-state index contributed by atoms with van der Waals surface area (Å²) in [5.74, 6) is 0.758. The van der Waals surface area contributed by atoms with Gasteiger partial charge in [0.15, 0.2) is 0 Å². The van der Waals surface area contributed by atoms with Gasteiger partial charge in [-0.1, -0.05) is 17.7 Å². The van der Waals surface area contributed by atoms with E-state index in [1.165, 1.54) is 0 Å². The largest absolute Gasteiger partial charge is 0.487 e. The Morgan fingerprint density at radius 2 is 2.19 bits per heavy atom. The van der Waals surface area contributed by atoms with Crippen LogP contribution in [0.2, 0.25) is 5.02 Å². The first kappa shape index (κ1) is 11.4. The SMILES string of the molecule is Clc1ccc(COc2cccnc2)cc1Br. The number of rotatable bonds is 3. The molecule has 0 saturated carbocycles. The van der Waals surface area contributed by atoms with Gasteiger partial charge in [-0.3, -0.25) is 4.98 Å². The van der Waals surface area contributed by atoms with Gasteiger partial charge in [0, 0.05) is 10.7 Å². The van der Waals surface area contributed by atoms with E-state index in [4.69, 9.17) is 16.3 Å². The van der Waals surface area contributed by atoms with Crippen molar-refractivity contribution in [1.29, 1.82) is 0 Å². The summed E-state index contributed by atoms with van der Waals surface area (Å²) in [6.07, 6.45) is 3.40. The van der Waals surface area contributed by atoms with E-state index in [-0.39, 0.29) is 0 Å². The molecule has 1 aromatic carbocycles. The Morgan fingerprint density at radius 1 is 1.31 bits per heavy atom. The molecule has 0 spiro atoms. The molecule has 2 aromatic rings. The summed E-state index contributed by atoms with van der Waals surface area (Å²) in [7, 11) is 0. The minimum Gasteiger partial charge on any atom is -0.487 e. The molecule has 0 amide bonds. The third-order valence-corrected chi connectivity index (χ3v) is 3.24. The number of pyridine rings is 1. The van der Waals surface area contributed by atoms with Gasteiger partial charge in [0.25, 0.3) is 0 Å². The zero-order chi connectivity index (χ0) is 11.4. The molecule has 2 rings (SSSR count). The molecule has 0 saturated heterocycles. The molecular weight excluding hydrogens is 289 g/mol. The lowest BCUT2D eigenvalue weighted by Gasteiger charge is -2.06. The van der Waals surface area contributed by atoms with Gasteiger partial charge in [-0.2, -0.15) is 0 Å². The van der Waals surface area contributed by atoms with Gasteiger partial charge in [0.1, 0.15) is 12.4 Å². The van der Waals surface area contributed by atoms with Crippen LogP contribution < -0.4 is 4.74 Å². The average molecular weight is 299 g/mol. The van der Waals surface area contributed by atoms with Crippen LogP contribution >= 0.6 is 27.5 Å². The molecule has 0 unspecified atom stereocenters. The maximum absolute atomic E-state index is 5.90. The smallest absolute Gasteiger partial charge is 0.138 e. The quantitative estimate of drug-likeness (QED) is 0.852. The molecule has 0 N–H and O–H groups in total. The van der Waals surface area contributed by atoms with Crippen LogP contribution in [0.5, 0.6) is 5.75 Å². The maximum atomic E-state index is 5.90. The second kappa shape index (κ2) is 5.32. The third-order valence-electron chi connectivity index (χ3n) is 2.02. The van der Waals surface area contributed by atoms with Crippen LogP contribution in [0.3, 0.4) is 0 Å². The number of benzene rings is 1. The second-order valence-electron chi connectivity index (χ2n) is 3.23. The van der Waals surface area contributed by atoms with Gasteiger partial charge in [-0.25, -0.2) is 0 Å². The number of halogens is 2. The fourth-order valence-corrected chi connectivity index (χ4v) is 1.77. The standard InChI is InChI=1S/C12H9BrClNO/c13-11-6-9(3-4-12(11)14)8-16-10-2-1-5-15-7-10/h1-7H,8H2. The van der Waals surface area contributed by atoms with Crippen LogP contribution in [-0.4, -0.2) is 4.98 Å². The molecule has 16 heavy (non-hydrogen) atoms. The van der Waals surface area contributed by atoms with Crippen molar-refractivity contribution >= 4 is 27.5 Å². The van der Waals surface area contributed by atoms with Crippen LogP contribution in [-0.2, 0) is 6.61 Å². The molecule has 0 aliphatic rings. The lowest BCUT2D eigenvalue weighted by molar-refractivity contribution is 0.305. The highest BCUT2D eigenvalue weighted by Crippen LogP contribution is 2.23. The van der Waals surface area contributed by atoms with Crippen molar-refractivity contribution in [3.8, 4) is 5.75 Å². The molecule has 0 radical (unpaired) electrons. The van der Waals surface area contributed by atoms with Gasteiger partial charge in [-0.05, 0) is 45.8 Å². The van der Waals surface area contributed by atoms with Crippen molar-refractivity contribution in [2.75, 3.05) is 0 Å². The topological polar surface area (TPSA) is 22.1 Å². The minimum absolute atomic E-state index is 0.501.